The zero-order valence-electron chi connectivity index (χ0n) is 16.1. The van der Waals surface area contributed by atoms with Gasteiger partial charge < -0.3 is 20.9 Å². The molecule has 2 fully saturated rings. The van der Waals surface area contributed by atoms with Gasteiger partial charge in [-0.25, -0.2) is 4.98 Å². The molecule has 2 aliphatic rings. The summed E-state index contributed by atoms with van der Waals surface area (Å²) in [5.74, 6) is 0.846. The molecule has 2 aliphatic heterocycles. The second-order valence-corrected chi connectivity index (χ2v) is 6.42. The molecule has 0 radical (unpaired) electrons. The van der Waals surface area contributed by atoms with E-state index in [2.05, 4.69) is 15.2 Å². The summed E-state index contributed by atoms with van der Waals surface area (Å²) in [5.41, 5.74) is 6.44. The van der Waals surface area contributed by atoms with E-state index in [4.69, 9.17) is 11.1 Å². The van der Waals surface area contributed by atoms with Gasteiger partial charge in [0.05, 0.1) is 0 Å². The summed E-state index contributed by atoms with van der Waals surface area (Å²) in [5, 5.41) is 11.4. The molecule has 1 amide bonds. The van der Waals surface area contributed by atoms with Crippen molar-refractivity contribution in [3.05, 3.63) is 17.7 Å². The topological polar surface area (TPSA) is 98.3 Å². The van der Waals surface area contributed by atoms with Crippen molar-refractivity contribution in [2.24, 2.45) is 0 Å². The number of carbonyl (C=O) groups is 1. The summed E-state index contributed by atoms with van der Waals surface area (Å²) in [6.07, 6.45) is 4.85. The molecule has 2 saturated heterocycles. The summed E-state index contributed by atoms with van der Waals surface area (Å²) in [7, 11) is 0. The third-order valence-electron chi connectivity index (χ3n) is 4.73. The van der Waals surface area contributed by atoms with E-state index < -0.39 is 0 Å². The number of amides is 1. The van der Waals surface area contributed by atoms with Crippen LogP contribution in [0.3, 0.4) is 0 Å². The quantitative estimate of drug-likeness (QED) is 0.715. The summed E-state index contributed by atoms with van der Waals surface area (Å²) in [6, 6.07) is 3.65. The number of carbonyl (C=O) groups excluding carboxylic acids is 1. The van der Waals surface area contributed by atoms with Gasteiger partial charge in [0.25, 0.3) is 5.91 Å². The van der Waals surface area contributed by atoms with Crippen LogP contribution in [-0.4, -0.2) is 60.8 Å². The Bertz CT molecular complexity index is 604. The van der Waals surface area contributed by atoms with Gasteiger partial charge in [-0.2, -0.15) is 0 Å². The monoisotopic (exact) mass is 360 g/mol. The first-order valence-electron chi connectivity index (χ1n) is 9.77. The molecule has 3 heterocycles. The summed E-state index contributed by atoms with van der Waals surface area (Å²) in [6.45, 7) is 8.76. The average Bonchev–Trinajstić information content (AvgIpc) is 2.98. The lowest BCUT2D eigenvalue weighted by Crippen LogP contribution is -2.48. The van der Waals surface area contributed by atoms with Crippen molar-refractivity contribution in [2.75, 3.05) is 49.9 Å². The van der Waals surface area contributed by atoms with E-state index in [1.807, 2.05) is 19.9 Å². The second-order valence-electron chi connectivity index (χ2n) is 6.42. The highest BCUT2D eigenvalue weighted by atomic mass is 16.2. The summed E-state index contributed by atoms with van der Waals surface area (Å²) >= 11 is 0. The standard InChI is InChI=1S/C17H26N6O.C2H6/c18-15(17(24)23-11-7-20-8-12-23)13-5-6-14(21-16(13)19)22-9-3-1-2-4-10-22;1-2/h5-6,18,20H,1-4,7-12H2,(H2,19,21);1-2H3. The molecule has 7 heteroatoms. The van der Waals surface area contributed by atoms with Crippen molar-refractivity contribution in [1.29, 1.82) is 5.41 Å². The van der Waals surface area contributed by atoms with E-state index in [0.717, 1.165) is 32.0 Å². The molecule has 0 spiro atoms. The van der Waals surface area contributed by atoms with Crippen molar-refractivity contribution in [1.82, 2.24) is 15.2 Å². The van der Waals surface area contributed by atoms with Crippen LogP contribution in [-0.2, 0) is 4.79 Å². The van der Waals surface area contributed by atoms with Crippen LogP contribution in [0.1, 0.15) is 45.1 Å². The lowest BCUT2D eigenvalue weighted by atomic mass is 10.1. The van der Waals surface area contributed by atoms with Gasteiger partial charge in [0.1, 0.15) is 17.3 Å². The van der Waals surface area contributed by atoms with Crippen LogP contribution in [0.15, 0.2) is 12.1 Å². The van der Waals surface area contributed by atoms with Gasteiger partial charge in [-0.1, -0.05) is 26.7 Å². The number of pyridine rings is 1. The molecule has 7 nitrogen and oxygen atoms in total. The predicted molar refractivity (Wildman–Crippen MR) is 107 cm³/mol. The van der Waals surface area contributed by atoms with Gasteiger partial charge in [0, 0.05) is 44.8 Å². The molecule has 0 aromatic carbocycles. The van der Waals surface area contributed by atoms with E-state index in [9.17, 15) is 4.79 Å². The maximum Gasteiger partial charge on any atom is 0.272 e. The van der Waals surface area contributed by atoms with Crippen LogP contribution in [0.25, 0.3) is 0 Å². The Morgan fingerprint density at radius 1 is 1.08 bits per heavy atom. The third kappa shape index (κ3) is 4.94. The first-order chi connectivity index (χ1) is 12.7. The minimum absolute atomic E-state index is 0.0654. The maximum absolute atomic E-state index is 12.5. The van der Waals surface area contributed by atoms with Crippen molar-refractivity contribution >= 4 is 23.3 Å². The maximum atomic E-state index is 12.5. The summed E-state index contributed by atoms with van der Waals surface area (Å²) in [4.78, 5) is 20.9. The van der Waals surface area contributed by atoms with Gasteiger partial charge in [0.15, 0.2) is 0 Å². The minimum Gasteiger partial charge on any atom is -0.383 e. The fourth-order valence-electron chi connectivity index (χ4n) is 3.29. The van der Waals surface area contributed by atoms with Gasteiger partial charge in [-0.05, 0) is 25.0 Å². The number of rotatable bonds is 3. The Balaban J connectivity index is 0.00000117. The lowest BCUT2D eigenvalue weighted by molar-refractivity contribution is -0.124. The highest BCUT2D eigenvalue weighted by molar-refractivity contribution is 6.44. The van der Waals surface area contributed by atoms with Crippen LogP contribution in [0.2, 0.25) is 0 Å². The van der Waals surface area contributed by atoms with Crippen LogP contribution >= 0.6 is 0 Å². The molecule has 0 aliphatic carbocycles. The van der Waals surface area contributed by atoms with Crippen molar-refractivity contribution in [3.63, 3.8) is 0 Å². The Kier molecular flexibility index (Phi) is 7.84. The van der Waals surface area contributed by atoms with Gasteiger partial charge in [-0.3, -0.25) is 10.2 Å². The molecule has 1 aromatic heterocycles. The van der Waals surface area contributed by atoms with Crippen molar-refractivity contribution in [3.8, 4) is 0 Å². The molecule has 0 saturated carbocycles. The first-order valence-corrected chi connectivity index (χ1v) is 9.77. The number of nitrogens with two attached hydrogens (primary N) is 1. The second kappa shape index (κ2) is 10.1. The van der Waals surface area contributed by atoms with Crippen LogP contribution in [0.5, 0.6) is 0 Å². The number of nitrogens with zero attached hydrogens (tertiary/aromatic N) is 3. The summed E-state index contributed by atoms with van der Waals surface area (Å²) < 4.78 is 0. The van der Waals surface area contributed by atoms with Crippen LogP contribution < -0.4 is 16.0 Å². The minimum atomic E-state index is -0.271. The van der Waals surface area contributed by atoms with Crippen LogP contribution in [0.4, 0.5) is 11.6 Å². The molecule has 0 unspecified atom stereocenters. The Hall–Kier alpha value is -2.15. The number of aromatic nitrogens is 1. The van der Waals surface area contributed by atoms with E-state index in [1.165, 1.54) is 25.7 Å². The molecular weight excluding hydrogens is 328 g/mol. The third-order valence-corrected chi connectivity index (χ3v) is 4.73. The molecular formula is C19H32N6O. The Morgan fingerprint density at radius 2 is 1.69 bits per heavy atom. The van der Waals surface area contributed by atoms with E-state index >= 15 is 0 Å². The lowest BCUT2D eigenvalue weighted by Gasteiger charge is -2.28. The SMILES string of the molecule is CC.N=C(C(=O)N1CCNCC1)c1ccc(N2CCCCCC2)nc1N. The van der Waals surface area contributed by atoms with Crippen LogP contribution in [0, 0.1) is 5.41 Å². The molecule has 0 bridgehead atoms. The number of piperazine rings is 1. The highest BCUT2D eigenvalue weighted by Gasteiger charge is 2.23. The molecule has 4 N–H and O–H groups in total. The number of hydrogen-bond donors (Lipinski definition) is 3. The molecule has 144 valence electrons. The predicted octanol–water partition coefficient (Wildman–Crippen LogP) is 1.87. The molecule has 1 aromatic rings. The normalized spacial score (nSPS) is 17.8. The number of anilines is 2. The number of nitrogen functional groups attached to an aromatic ring is 1. The fourth-order valence-corrected chi connectivity index (χ4v) is 3.29. The van der Waals surface area contributed by atoms with Crippen molar-refractivity contribution in [2.45, 2.75) is 39.5 Å². The molecule has 0 atom stereocenters. The van der Waals surface area contributed by atoms with Crippen molar-refractivity contribution < 1.29 is 4.79 Å². The van der Waals surface area contributed by atoms with E-state index in [1.54, 1.807) is 11.0 Å². The average molecular weight is 361 g/mol. The largest absolute Gasteiger partial charge is 0.383 e. The Morgan fingerprint density at radius 3 is 2.27 bits per heavy atom. The fraction of sp³-hybridized carbons (Fsp3) is 0.632. The smallest absolute Gasteiger partial charge is 0.272 e. The van der Waals surface area contributed by atoms with E-state index in [0.29, 0.717) is 18.7 Å². The van der Waals surface area contributed by atoms with Gasteiger partial charge in [-0.15, -0.1) is 0 Å². The first kappa shape index (κ1) is 20.2. The zero-order valence-corrected chi connectivity index (χ0v) is 16.1. The highest BCUT2D eigenvalue weighted by Crippen LogP contribution is 2.21. The number of hydrogen-bond acceptors (Lipinski definition) is 6. The van der Waals surface area contributed by atoms with Gasteiger partial charge in [0.2, 0.25) is 0 Å². The number of nitrogens with one attached hydrogen (secondary N) is 2. The Labute approximate surface area is 156 Å². The zero-order chi connectivity index (χ0) is 18.9. The molecule has 3 rings (SSSR count). The van der Waals surface area contributed by atoms with E-state index in [-0.39, 0.29) is 17.4 Å². The van der Waals surface area contributed by atoms with Gasteiger partial charge >= 0.3 is 0 Å². The molecule has 26 heavy (non-hydrogen) atoms.